The summed E-state index contributed by atoms with van der Waals surface area (Å²) in [5.74, 6) is 0. The summed E-state index contributed by atoms with van der Waals surface area (Å²) in [4.78, 5) is 17.8. The van der Waals surface area contributed by atoms with Crippen LogP contribution in [0.3, 0.4) is 0 Å². The highest BCUT2D eigenvalue weighted by Crippen LogP contribution is 2.20. The van der Waals surface area contributed by atoms with Crippen LogP contribution in [0.2, 0.25) is 0 Å². The second-order valence-electron chi connectivity index (χ2n) is 5.16. The van der Waals surface area contributed by atoms with Crippen molar-refractivity contribution in [3.8, 4) is 0 Å². The van der Waals surface area contributed by atoms with E-state index in [1.165, 1.54) is 5.06 Å². The normalized spacial score (nSPS) is 15.2. The molecule has 0 fully saturated rings. The maximum absolute atomic E-state index is 12.3. The Bertz CT molecular complexity index is 628. The molecule has 0 bridgehead atoms. The van der Waals surface area contributed by atoms with Gasteiger partial charge in [-0.15, -0.1) is 0 Å². The summed E-state index contributed by atoms with van der Waals surface area (Å²) >= 11 is 0. The fourth-order valence-corrected chi connectivity index (χ4v) is 2.41. The first-order valence-corrected chi connectivity index (χ1v) is 7.07. The average molecular weight is 282 g/mol. The standard InChI is InChI=1S/C17H18N2O2/c1-13(14-7-3-2-4-8-14)18-17(20)19-11-15-9-5-6-10-16(15)12-21-19/h2-10,13H,11-12H2,1H3,(H,18,20). The van der Waals surface area contributed by atoms with E-state index in [4.69, 9.17) is 4.84 Å². The second kappa shape index (κ2) is 5.97. The van der Waals surface area contributed by atoms with E-state index in [1.54, 1.807) is 0 Å². The molecule has 1 aliphatic heterocycles. The third-order valence-electron chi connectivity index (χ3n) is 3.67. The van der Waals surface area contributed by atoms with Crippen molar-refractivity contribution in [2.24, 2.45) is 0 Å². The molecule has 1 N–H and O–H groups in total. The Morgan fingerprint density at radius 1 is 1.10 bits per heavy atom. The van der Waals surface area contributed by atoms with Gasteiger partial charge >= 0.3 is 6.03 Å². The predicted molar refractivity (Wildman–Crippen MR) is 80.2 cm³/mol. The van der Waals surface area contributed by atoms with Crippen molar-refractivity contribution in [1.29, 1.82) is 0 Å². The van der Waals surface area contributed by atoms with E-state index >= 15 is 0 Å². The number of rotatable bonds is 2. The van der Waals surface area contributed by atoms with Crippen molar-refractivity contribution in [2.75, 3.05) is 0 Å². The summed E-state index contributed by atoms with van der Waals surface area (Å²) in [6.07, 6.45) is 0. The van der Waals surface area contributed by atoms with E-state index in [-0.39, 0.29) is 12.1 Å². The van der Waals surface area contributed by atoms with E-state index in [2.05, 4.69) is 5.32 Å². The minimum absolute atomic E-state index is 0.0560. The van der Waals surface area contributed by atoms with Crippen LogP contribution < -0.4 is 5.32 Å². The fraction of sp³-hybridized carbons (Fsp3) is 0.235. The Balaban J connectivity index is 1.65. The van der Waals surface area contributed by atoms with Crippen LogP contribution >= 0.6 is 0 Å². The van der Waals surface area contributed by atoms with Gasteiger partial charge in [0, 0.05) is 0 Å². The maximum atomic E-state index is 12.3. The summed E-state index contributed by atoms with van der Waals surface area (Å²) in [5.41, 5.74) is 3.34. The van der Waals surface area contributed by atoms with Gasteiger partial charge in [-0.25, -0.2) is 4.79 Å². The first-order valence-electron chi connectivity index (χ1n) is 7.07. The molecule has 4 heteroatoms. The quantitative estimate of drug-likeness (QED) is 0.917. The van der Waals surface area contributed by atoms with Crippen LogP contribution in [0.15, 0.2) is 54.6 Å². The highest BCUT2D eigenvalue weighted by molar-refractivity contribution is 5.73. The van der Waals surface area contributed by atoms with Gasteiger partial charge in [0.05, 0.1) is 12.6 Å². The SMILES string of the molecule is CC(NC(=O)N1Cc2ccccc2CO1)c1ccccc1. The van der Waals surface area contributed by atoms with Gasteiger partial charge in [-0.05, 0) is 23.6 Å². The molecule has 2 aromatic rings. The van der Waals surface area contributed by atoms with Crippen molar-refractivity contribution in [2.45, 2.75) is 26.1 Å². The molecule has 0 aromatic heterocycles. The molecule has 1 heterocycles. The molecule has 1 atom stereocenters. The van der Waals surface area contributed by atoms with Gasteiger partial charge in [-0.3, -0.25) is 4.84 Å². The molecule has 1 aliphatic rings. The molecule has 0 aliphatic carbocycles. The smallest absolute Gasteiger partial charge is 0.330 e. The largest absolute Gasteiger partial charge is 0.342 e. The predicted octanol–water partition coefficient (Wildman–Crippen LogP) is 3.40. The van der Waals surface area contributed by atoms with E-state index in [0.717, 1.165) is 16.7 Å². The van der Waals surface area contributed by atoms with Crippen LogP contribution in [0.1, 0.15) is 29.7 Å². The molecule has 3 rings (SSSR count). The van der Waals surface area contributed by atoms with E-state index in [0.29, 0.717) is 13.2 Å². The van der Waals surface area contributed by atoms with Crippen LogP contribution in [-0.2, 0) is 18.0 Å². The molecule has 1 unspecified atom stereocenters. The average Bonchev–Trinajstić information content (AvgIpc) is 2.55. The van der Waals surface area contributed by atoms with Gasteiger partial charge in [-0.1, -0.05) is 54.6 Å². The Hall–Kier alpha value is -2.33. The topological polar surface area (TPSA) is 41.6 Å². The third-order valence-corrected chi connectivity index (χ3v) is 3.67. The molecule has 2 aromatic carbocycles. The number of nitrogens with one attached hydrogen (secondary N) is 1. The van der Waals surface area contributed by atoms with Crippen molar-refractivity contribution in [1.82, 2.24) is 10.4 Å². The van der Waals surface area contributed by atoms with Gasteiger partial charge in [0.25, 0.3) is 0 Å². The van der Waals surface area contributed by atoms with Crippen molar-refractivity contribution >= 4 is 6.03 Å². The van der Waals surface area contributed by atoms with E-state index in [9.17, 15) is 4.79 Å². The zero-order chi connectivity index (χ0) is 14.7. The number of hydrogen-bond acceptors (Lipinski definition) is 2. The second-order valence-corrected chi connectivity index (χ2v) is 5.16. The maximum Gasteiger partial charge on any atom is 0.342 e. The lowest BCUT2D eigenvalue weighted by Gasteiger charge is -2.29. The summed E-state index contributed by atoms with van der Waals surface area (Å²) in [7, 11) is 0. The van der Waals surface area contributed by atoms with Crippen molar-refractivity contribution < 1.29 is 9.63 Å². The lowest BCUT2D eigenvalue weighted by molar-refractivity contribution is -0.145. The molecule has 2 amide bonds. The van der Waals surface area contributed by atoms with Gasteiger partial charge in [0.1, 0.15) is 6.61 Å². The van der Waals surface area contributed by atoms with Crippen LogP contribution in [0.4, 0.5) is 4.79 Å². The monoisotopic (exact) mass is 282 g/mol. The Morgan fingerprint density at radius 2 is 1.76 bits per heavy atom. The lowest BCUT2D eigenvalue weighted by atomic mass is 10.1. The highest BCUT2D eigenvalue weighted by Gasteiger charge is 2.22. The van der Waals surface area contributed by atoms with Crippen LogP contribution in [-0.4, -0.2) is 11.1 Å². The molecule has 108 valence electrons. The van der Waals surface area contributed by atoms with Gasteiger partial charge in [-0.2, -0.15) is 5.06 Å². The summed E-state index contributed by atoms with van der Waals surface area (Å²) in [5, 5.41) is 4.35. The summed E-state index contributed by atoms with van der Waals surface area (Å²) in [6.45, 7) is 2.87. The van der Waals surface area contributed by atoms with E-state index < -0.39 is 0 Å². The number of urea groups is 1. The molecule has 0 radical (unpaired) electrons. The third kappa shape index (κ3) is 3.06. The van der Waals surface area contributed by atoms with Gasteiger partial charge < -0.3 is 5.32 Å². The summed E-state index contributed by atoms with van der Waals surface area (Å²) < 4.78 is 0. The number of hydroxylamine groups is 2. The van der Waals surface area contributed by atoms with Crippen LogP contribution in [0.5, 0.6) is 0 Å². The van der Waals surface area contributed by atoms with Crippen molar-refractivity contribution in [3.05, 3.63) is 71.3 Å². The first-order chi connectivity index (χ1) is 10.2. The number of benzene rings is 2. The number of fused-ring (bicyclic) bond motifs is 1. The van der Waals surface area contributed by atoms with E-state index in [1.807, 2.05) is 61.5 Å². The Kier molecular flexibility index (Phi) is 3.88. The van der Waals surface area contributed by atoms with Crippen LogP contribution in [0.25, 0.3) is 0 Å². The fourth-order valence-electron chi connectivity index (χ4n) is 2.41. The Labute approximate surface area is 124 Å². The lowest BCUT2D eigenvalue weighted by Crippen LogP contribution is -2.42. The number of hydrogen-bond donors (Lipinski definition) is 1. The minimum Gasteiger partial charge on any atom is -0.330 e. The number of carbonyl (C=O) groups is 1. The molecular formula is C17H18N2O2. The molecule has 0 saturated heterocycles. The molecule has 0 saturated carbocycles. The van der Waals surface area contributed by atoms with Gasteiger partial charge in [0.2, 0.25) is 0 Å². The van der Waals surface area contributed by atoms with Crippen molar-refractivity contribution in [3.63, 3.8) is 0 Å². The number of carbonyl (C=O) groups excluding carboxylic acids is 1. The van der Waals surface area contributed by atoms with Gasteiger partial charge in [0.15, 0.2) is 0 Å². The molecule has 0 spiro atoms. The zero-order valence-corrected chi connectivity index (χ0v) is 12.0. The summed E-state index contributed by atoms with van der Waals surface area (Å²) in [6, 6.07) is 17.6. The highest BCUT2D eigenvalue weighted by atomic mass is 16.7. The Morgan fingerprint density at radius 3 is 2.52 bits per heavy atom. The zero-order valence-electron chi connectivity index (χ0n) is 12.0. The molecule has 4 nitrogen and oxygen atoms in total. The molecule has 21 heavy (non-hydrogen) atoms. The van der Waals surface area contributed by atoms with Crippen LogP contribution in [0, 0.1) is 0 Å². The molecular weight excluding hydrogens is 264 g/mol. The number of amides is 2. The minimum atomic E-state index is -0.208. The number of nitrogens with zero attached hydrogens (tertiary/aromatic N) is 1. The first kappa shape index (κ1) is 13.6.